The van der Waals surface area contributed by atoms with E-state index in [1.54, 1.807) is 11.3 Å². The van der Waals surface area contributed by atoms with Crippen LogP contribution in [-0.4, -0.2) is 44.7 Å². The number of rotatable bonds is 5. The highest BCUT2D eigenvalue weighted by Gasteiger charge is 2.26. The van der Waals surface area contributed by atoms with E-state index in [0.29, 0.717) is 13.1 Å². The highest BCUT2D eigenvalue weighted by atomic mass is 32.1. The lowest BCUT2D eigenvalue weighted by molar-refractivity contribution is -0.126. The van der Waals surface area contributed by atoms with Gasteiger partial charge in [0.1, 0.15) is 11.6 Å². The average Bonchev–Trinajstić information content (AvgIpc) is 3.16. The fourth-order valence-electron chi connectivity index (χ4n) is 2.73. The lowest BCUT2D eigenvalue weighted by atomic mass is 10.2. The van der Waals surface area contributed by atoms with Crippen LogP contribution >= 0.6 is 11.3 Å². The summed E-state index contributed by atoms with van der Waals surface area (Å²) >= 11 is 1.73. The molecule has 0 fully saturated rings. The van der Waals surface area contributed by atoms with E-state index in [-0.39, 0.29) is 11.9 Å². The van der Waals surface area contributed by atoms with Crippen molar-refractivity contribution in [3.05, 3.63) is 34.0 Å². The van der Waals surface area contributed by atoms with Crippen LogP contribution in [0.25, 0.3) is 0 Å². The van der Waals surface area contributed by atoms with Gasteiger partial charge in [-0.1, -0.05) is 6.07 Å². The van der Waals surface area contributed by atoms with Gasteiger partial charge in [0.15, 0.2) is 0 Å². The second kappa shape index (κ2) is 6.58. The molecular weight excluding hydrogens is 298 g/mol. The number of amides is 1. The first kappa shape index (κ1) is 15.2. The van der Waals surface area contributed by atoms with Crippen LogP contribution in [0.15, 0.2) is 17.5 Å². The van der Waals surface area contributed by atoms with Gasteiger partial charge < -0.3 is 9.88 Å². The van der Waals surface area contributed by atoms with Gasteiger partial charge in [-0.3, -0.25) is 9.69 Å². The molecule has 0 saturated carbocycles. The van der Waals surface area contributed by atoms with Gasteiger partial charge in [-0.15, -0.1) is 21.5 Å². The van der Waals surface area contributed by atoms with Gasteiger partial charge in [0.2, 0.25) is 5.91 Å². The topological polar surface area (TPSA) is 63.1 Å². The first-order valence-corrected chi connectivity index (χ1v) is 8.46. The fourth-order valence-corrected chi connectivity index (χ4v) is 3.44. The van der Waals surface area contributed by atoms with Crippen molar-refractivity contribution in [1.82, 2.24) is 25.0 Å². The molecule has 6 nitrogen and oxygen atoms in total. The van der Waals surface area contributed by atoms with Gasteiger partial charge in [0.05, 0.1) is 12.6 Å². The lowest BCUT2D eigenvalue weighted by Gasteiger charge is -2.31. The molecule has 0 aliphatic carbocycles. The molecule has 3 heterocycles. The number of aromatic nitrogens is 3. The molecule has 22 heavy (non-hydrogen) atoms. The molecule has 1 N–H and O–H groups in total. The molecular formula is C15H21N5OS. The number of fused-ring (bicyclic) bond motifs is 1. The Bertz CT molecular complexity index is 636. The molecule has 0 aromatic carbocycles. The Morgan fingerprint density at radius 1 is 1.45 bits per heavy atom. The number of aryl methyl sites for hydroxylation is 1. The Kier molecular flexibility index (Phi) is 4.54. The summed E-state index contributed by atoms with van der Waals surface area (Å²) in [4.78, 5) is 15.8. The van der Waals surface area contributed by atoms with Gasteiger partial charge in [-0.2, -0.15) is 0 Å². The van der Waals surface area contributed by atoms with Crippen LogP contribution in [0.3, 0.4) is 0 Å². The third-order valence-corrected chi connectivity index (χ3v) is 5.08. The van der Waals surface area contributed by atoms with Crippen molar-refractivity contribution in [1.29, 1.82) is 0 Å². The Labute approximate surface area is 134 Å². The van der Waals surface area contributed by atoms with Crippen molar-refractivity contribution in [2.45, 2.75) is 39.4 Å². The quantitative estimate of drug-likeness (QED) is 0.900. The molecule has 2 aromatic heterocycles. The summed E-state index contributed by atoms with van der Waals surface area (Å²) < 4.78 is 2.12. The molecule has 118 valence electrons. The van der Waals surface area contributed by atoms with Crippen molar-refractivity contribution in [3.8, 4) is 0 Å². The van der Waals surface area contributed by atoms with Gasteiger partial charge in [0.25, 0.3) is 0 Å². The van der Waals surface area contributed by atoms with Crippen molar-refractivity contribution < 1.29 is 4.79 Å². The van der Waals surface area contributed by atoms with E-state index in [2.05, 4.69) is 36.4 Å². The van der Waals surface area contributed by atoms with Crippen molar-refractivity contribution in [3.63, 3.8) is 0 Å². The first-order chi connectivity index (χ1) is 10.6. The summed E-state index contributed by atoms with van der Waals surface area (Å²) in [6.45, 7) is 6.99. The molecule has 0 spiro atoms. The number of hydrogen-bond donors (Lipinski definition) is 1. The maximum Gasteiger partial charge on any atom is 0.237 e. The van der Waals surface area contributed by atoms with E-state index in [0.717, 1.165) is 31.2 Å². The molecule has 2 aromatic rings. The van der Waals surface area contributed by atoms with Crippen LogP contribution in [0, 0.1) is 6.92 Å². The molecule has 0 radical (unpaired) electrons. The fraction of sp³-hybridized carbons (Fsp3) is 0.533. The van der Waals surface area contributed by atoms with Crippen molar-refractivity contribution >= 4 is 17.2 Å². The molecule has 1 amide bonds. The first-order valence-electron chi connectivity index (χ1n) is 7.58. The molecule has 1 atom stereocenters. The molecule has 0 bridgehead atoms. The van der Waals surface area contributed by atoms with E-state index in [4.69, 9.17) is 0 Å². The number of carbonyl (C=O) groups is 1. The zero-order chi connectivity index (χ0) is 15.5. The van der Waals surface area contributed by atoms with Crippen LogP contribution in [-0.2, 0) is 24.3 Å². The molecule has 3 rings (SSSR count). The number of thiophene rings is 1. The number of carbonyl (C=O) groups excluding carboxylic acids is 1. The third kappa shape index (κ3) is 3.20. The van der Waals surface area contributed by atoms with E-state index >= 15 is 0 Å². The van der Waals surface area contributed by atoms with E-state index in [1.165, 1.54) is 4.88 Å². The van der Waals surface area contributed by atoms with Crippen LogP contribution < -0.4 is 5.32 Å². The molecule has 1 aliphatic heterocycles. The zero-order valence-electron chi connectivity index (χ0n) is 13.0. The van der Waals surface area contributed by atoms with Crippen molar-refractivity contribution in [2.75, 3.05) is 13.1 Å². The standard InChI is InChI=1S/C15H21N5OS/c1-11(15(21)16-6-5-13-4-3-9-22-13)19-7-8-20-12(2)17-18-14(20)10-19/h3-4,9,11H,5-8,10H2,1-2H3,(H,16,21). The second-order valence-electron chi connectivity index (χ2n) is 5.58. The SMILES string of the molecule is Cc1nnc2n1CCN(C(C)C(=O)NCCc1cccs1)C2. The molecule has 1 unspecified atom stereocenters. The maximum atomic E-state index is 12.3. The Morgan fingerprint density at radius 3 is 3.09 bits per heavy atom. The summed E-state index contributed by atoms with van der Waals surface area (Å²) in [7, 11) is 0. The van der Waals surface area contributed by atoms with Crippen LogP contribution in [0.1, 0.15) is 23.4 Å². The summed E-state index contributed by atoms with van der Waals surface area (Å²) in [5, 5.41) is 13.4. The van der Waals surface area contributed by atoms with Crippen LogP contribution in [0.4, 0.5) is 0 Å². The summed E-state index contributed by atoms with van der Waals surface area (Å²) in [6.07, 6.45) is 0.893. The zero-order valence-corrected chi connectivity index (χ0v) is 13.8. The van der Waals surface area contributed by atoms with Gasteiger partial charge in [0, 0.05) is 24.5 Å². The molecule has 1 aliphatic rings. The molecule has 0 saturated heterocycles. The van der Waals surface area contributed by atoms with Gasteiger partial charge in [-0.05, 0) is 31.7 Å². The predicted molar refractivity (Wildman–Crippen MR) is 85.7 cm³/mol. The predicted octanol–water partition coefficient (Wildman–Crippen LogP) is 1.21. The normalized spacial score (nSPS) is 16.3. The monoisotopic (exact) mass is 319 g/mol. The molecule has 7 heteroatoms. The minimum Gasteiger partial charge on any atom is -0.354 e. The second-order valence-corrected chi connectivity index (χ2v) is 6.61. The highest BCUT2D eigenvalue weighted by molar-refractivity contribution is 7.09. The Hall–Kier alpha value is -1.73. The van der Waals surface area contributed by atoms with Crippen molar-refractivity contribution in [2.24, 2.45) is 0 Å². The van der Waals surface area contributed by atoms with E-state index in [9.17, 15) is 4.79 Å². The van der Waals surface area contributed by atoms with E-state index < -0.39 is 0 Å². The van der Waals surface area contributed by atoms with Gasteiger partial charge in [-0.25, -0.2) is 0 Å². The number of nitrogens with one attached hydrogen (secondary N) is 1. The lowest BCUT2D eigenvalue weighted by Crippen LogP contribution is -2.48. The van der Waals surface area contributed by atoms with Gasteiger partial charge >= 0.3 is 0 Å². The minimum atomic E-state index is -0.144. The number of nitrogens with zero attached hydrogens (tertiary/aromatic N) is 4. The summed E-state index contributed by atoms with van der Waals surface area (Å²) in [5.74, 6) is 1.98. The Morgan fingerprint density at radius 2 is 2.32 bits per heavy atom. The Balaban J connectivity index is 1.51. The maximum absolute atomic E-state index is 12.3. The van der Waals surface area contributed by atoms with Crippen LogP contribution in [0.2, 0.25) is 0 Å². The number of hydrogen-bond acceptors (Lipinski definition) is 5. The summed E-state index contributed by atoms with van der Waals surface area (Å²) in [5.41, 5.74) is 0. The summed E-state index contributed by atoms with van der Waals surface area (Å²) in [6, 6.07) is 3.99. The minimum absolute atomic E-state index is 0.0845. The third-order valence-electron chi connectivity index (χ3n) is 4.15. The average molecular weight is 319 g/mol. The van der Waals surface area contributed by atoms with E-state index in [1.807, 2.05) is 19.9 Å². The highest BCUT2D eigenvalue weighted by Crippen LogP contribution is 2.14. The largest absolute Gasteiger partial charge is 0.354 e. The van der Waals surface area contributed by atoms with Crippen LogP contribution in [0.5, 0.6) is 0 Å². The smallest absolute Gasteiger partial charge is 0.237 e.